The van der Waals surface area contributed by atoms with Crippen molar-refractivity contribution in [3.8, 4) is 0 Å². The Bertz CT molecular complexity index is 873. The van der Waals surface area contributed by atoms with Crippen LogP contribution in [0.1, 0.15) is 15.9 Å². The molecule has 9 nitrogen and oxygen atoms in total. The molecule has 0 aliphatic carbocycles. The Morgan fingerprint density at radius 1 is 1.17 bits per heavy atom. The van der Waals surface area contributed by atoms with Crippen molar-refractivity contribution >= 4 is 23.3 Å². The van der Waals surface area contributed by atoms with Gasteiger partial charge in [-0.3, -0.25) is 14.9 Å². The van der Waals surface area contributed by atoms with Gasteiger partial charge < -0.3 is 20.1 Å². The summed E-state index contributed by atoms with van der Waals surface area (Å²) in [6.07, 6.45) is 0. The standard InChI is InChI=1S/C19H20FN3O6/c1-28-9-8-21-17-7-6-15(23(26)27)10-16(17)19(25)29-12-18(24)22-11-13-2-4-14(20)5-3-13/h2-7,10,21H,8-9,11-12H2,1H3,(H,22,24). The fourth-order valence-corrected chi connectivity index (χ4v) is 2.32. The highest BCUT2D eigenvalue weighted by Crippen LogP contribution is 2.23. The van der Waals surface area contributed by atoms with Gasteiger partial charge in [-0.2, -0.15) is 0 Å². The minimum atomic E-state index is -0.884. The van der Waals surface area contributed by atoms with Gasteiger partial charge in [-0.25, -0.2) is 9.18 Å². The molecule has 0 saturated carbocycles. The van der Waals surface area contributed by atoms with E-state index in [-0.39, 0.29) is 23.6 Å². The number of nitrogens with zero attached hydrogens (tertiary/aromatic N) is 1. The number of nitro groups is 1. The van der Waals surface area contributed by atoms with Crippen LogP contribution in [0.2, 0.25) is 0 Å². The van der Waals surface area contributed by atoms with Crippen LogP contribution in [-0.2, 0) is 20.8 Å². The lowest BCUT2D eigenvalue weighted by atomic mass is 10.1. The van der Waals surface area contributed by atoms with Crippen molar-refractivity contribution in [1.29, 1.82) is 0 Å². The van der Waals surface area contributed by atoms with Crippen LogP contribution in [0.5, 0.6) is 0 Å². The minimum Gasteiger partial charge on any atom is -0.452 e. The third-order valence-corrected chi connectivity index (χ3v) is 3.79. The van der Waals surface area contributed by atoms with Crippen LogP contribution in [0.4, 0.5) is 15.8 Å². The number of esters is 1. The van der Waals surface area contributed by atoms with E-state index in [0.29, 0.717) is 24.4 Å². The number of nitro benzene ring substituents is 1. The second kappa shape index (κ2) is 10.7. The first kappa shape index (κ1) is 21.8. The molecule has 2 aromatic carbocycles. The number of benzene rings is 2. The maximum atomic E-state index is 12.9. The van der Waals surface area contributed by atoms with E-state index in [1.807, 2.05) is 0 Å². The maximum absolute atomic E-state index is 12.9. The highest BCUT2D eigenvalue weighted by molar-refractivity contribution is 5.97. The summed E-state index contributed by atoms with van der Waals surface area (Å²) >= 11 is 0. The minimum absolute atomic E-state index is 0.0679. The summed E-state index contributed by atoms with van der Waals surface area (Å²) < 4.78 is 22.8. The van der Waals surface area contributed by atoms with Gasteiger partial charge in [-0.05, 0) is 23.8 Å². The third kappa shape index (κ3) is 6.85. The summed E-state index contributed by atoms with van der Waals surface area (Å²) in [5, 5.41) is 16.4. The first-order valence-corrected chi connectivity index (χ1v) is 8.60. The van der Waals surface area contributed by atoms with Gasteiger partial charge in [0.25, 0.3) is 11.6 Å². The first-order valence-electron chi connectivity index (χ1n) is 8.60. The van der Waals surface area contributed by atoms with Gasteiger partial charge in [0.15, 0.2) is 6.61 Å². The number of halogens is 1. The Balaban J connectivity index is 1.96. The SMILES string of the molecule is COCCNc1ccc([N+](=O)[O-])cc1C(=O)OCC(=O)NCc1ccc(F)cc1. The van der Waals surface area contributed by atoms with Crippen LogP contribution in [0.25, 0.3) is 0 Å². The molecule has 0 unspecified atom stereocenters. The van der Waals surface area contributed by atoms with Gasteiger partial charge in [0, 0.05) is 38.0 Å². The summed E-state index contributed by atoms with van der Waals surface area (Å²) in [6.45, 7) is 0.293. The van der Waals surface area contributed by atoms with E-state index in [1.165, 1.54) is 43.5 Å². The molecule has 0 saturated heterocycles. The Labute approximate surface area is 166 Å². The molecule has 0 spiro atoms. The van der Waals surface area contributed by atoms with Gasteiger partial charge >= 0.3 is 5.97 Å². The van der Waals surface area contributed by atoms with E-state index >= 15 is 0 Å². The van der Waals surface area contributed by atoms with Gasteiger partial charge in [-0.1, -0.05) is 12.1 Å². The maximum Gasteiger partial charge on any atom is 0.341 e. The lowest BCUT2D eigenvalue weighted by Crippen LogP contribution is -2.28. The summed E-state index contributed by atoms with van der Waals surface area (Å²) in [6, 6.07) is 9.28. The molecular weight excluding hydrogens is 385 g/mol. The van der Waals surface area contributed by atoms with Gasteiger partial charge in [0.1, 0.15) is 5.82 Å². The van der Waals surface area contributed by atoms with Crippen molar-refractivity contribution < 1.29 is 28.4 Å². The van der Waals surface area contributed by atoms with E-state index in [9.17, 15) is 24.1 Å². The lowest BCUT2D eigenvalue weighted by Gasteiger charge is -2.12. The van der Waals surface area contributed by atoms with Crippen molar-refractivity contribution in [2.45, 2.75) is 6.54 Å². The van der Waals surface area contributed by atoms with E-state index in [4.69, 9.17) is 9.47 Å². The second-order valence-corrected chi connectivity index (χ2v) is 5.89. The predicted octanol–water partition coefficient (Wildman–Crippen LogP) is 2.27. The molecule has 1 amide bonds. The fraction of sp³-hybridized carbons (Fsp3) is 0.263. The summed E-state index contributed by atoms with van der Waals surface area (Å²) in [7, 11) is 1.51. The average Bonchev–Trinajstić information content (AvgIpc) is 2.71. The quantitative estimate of drug-likeness (QED) is 0.269. The van der Waals surface area contributed by atoms with Gasteiger partial charge in [0.05, 0.1) is 17.1 Å². The van der Waals surface area contributed by atoms with E-state index < -0.39 is 23.4 Å². The van der Waals surface area contributed by atoms with E-state index in [1.54, 1.807) is 0 Å². The predicted molar refractivity (Wildman–Crippen MR) is 102 cm³/mol. The van der Waals surface area contributed by atoms with Crippen LogP contribution in [-0.4, -0.2) is 43.7 Å². The van der Waals surface area contributed by atoms with Crippen molar-refractivity contribution in [2.75, 3.05) is 32.2 Å². The molecule has 10 heteroatoms. The highest BCUT2D eigenvalue weighted by Gasteiger charge is 2.19. The summed E-state index contributed by atoms with van der Waals surface area (Å²) in [4.78, 5) is 34.6. The topological polar surface area (TPSA) is 120 Å². The smallest absolute Gasteiger partial charge is 0.341 e. The van der Waals surface area contributed by atoms with Gasteiger partial charge in [0.2, 0.25) is 0 Å². The molecule has 0 bridgehead atoms. The number of hydrogen-bond donors (Lipinski definition) is 2. The molecule has 0 aliphatic rings. The Kier molecular flexibility index (Phi) is 8.04. The Hall–Kier alpha value is -3.53. The van der Waals surface area contributed by atoms with E-state index in [0.717, 1.165) is 6.07 Å². The average molecular weight is 405 g/mol. The monoisotopic (exact) mass is 405 g/mol. The first-order chi connectivity index (χ1) is 13.9. The fourth-order valence-electron chi connectivity index (χ4n) is 2.32. The number of ether oxygens (including phenoxy) is 2. The Morgan fingerprint density at radius 2 is 1.90 bits per heavy atom. The number of rotatable bonds is 10. The molecule has 2 aromatic rings. The van der Waals surface area contributed by atoms with Crippen molar-refractivity contribution in [3.63, 3.8) is 0 Å². The van der Waals surface area contributed by atoms with Crippen molar-refractivity contribution in [3.05, 3.63) is 69.5 Å². The largest absolute Gasteiger partial charge is 0.452 e. The van der Waals surface area contributed by atoms with Crippen LogP contribution >= 0.6 is 0 Å². The molecule has 0 aliphatic heterocycles. The zero-order valence-corrected chi connectivity index (χ0v) is 15.6. The number of methoxy groups -OCH3 is 1. The van der Waals surface area contributed by atoms with Crippen molar-refractivity contribution in [2.24, 2.45) is 0 Å². The molecule has 2 N–H and O–H groups in total. The molecule has 0 heterocycles. The van der Waals surface area contributed by atoms with Crippen LogP contribution in [0, 0.1) is 15.9 Å². The summed E-state index contributed by atoms with van der Waals surface area (Å²) in [5.74, 6) is -1.84. The summed E-state index contributed by atoms with van der Waals surface area (Å²) in [5.41, 5.74) is 0.649. The van der Waals surface area contributed by atoms with Crippen LogP contribution < -0.4 is 10.6 Å². The van der Waals surface area contributed by atoms with Crippen LogP contribution in [0.3, 0.4) is 0 Å². The Morgan fingerprint density at radius 3 is 2.55 bits per heavy atom. The molecule has 0 fully saturated rings. The number of amides is 1. The molecule has 0 atom stereocenters. The van der Waals surface area contributed by atoms with E-state index in [2.05, 4.69) is 10.6 Å². The number of hydrogen-bond acceptors (Lipinski definition) is 7. The molecule has 2 rings (SSSR count). The van der Waals surface area contributed by atoms with Crippen molar-refractivity contribution in [1.82, 2.24) is 5.32 Å². The lowest BCUT2D eigenvalue weighted by molar-refractivity contribution is -0.384. The van der Waals surface area contributed by atoms with Crippen LogP contribution in [0.15, 0.2) is 42.5 Å². The molecule has 29 heavy (non-hydrogen) atoms. The third-order valence-electron chi connectivity index (χ3n) is 3.79. The molecular formula is C19H20FN3O6. The number of carbonyl (C=O) groups is 2. The second-order valence-electron chi connectivity index (χ2n) is 5.89. The molecule has 0 aromatic heterocycles. The number of non-ortho nitro benzene ring substituents is 1. The number of nitrogens with one attached hydrogen (secondary N) is 2. The highest BCUT2D eigenvalue weighted by atomic mass is 19.1. The number of anilines is 1. The zero-order valence-electron chi connectivity index (χ0n) is 15.6. The normalized spacial score (nSPS) is 10.3. The number of carbonyl (C=O) groups excluding carboxylic acids is 2. The van der Waals surface area contributed by atoms with Gasteiger partial charge in [-0.15, -0.1) is 0 Å². The molecule has 0 radical (unpaired) electrons. The zero-order chi connectivity index (χ0) is 21.2. The molecule has 154 valence electrons.